The van der Waals surface area contributed by atoms with Crippen molar-refractivity contribution >= 4 is 34.3 Å². The molecule has 14 heavy (non-hydrogen) atoms. The van der Waals surface area contributed by atoms with E-state index in [0.29, 0.717) is 32.3 Å². The smallest absolute Gasteiger partial charge is 0.312 e. The summed E-state index contributed by atoms with van der Waals surface area (Å²) >= 11 is 2.21. The minimum absolute atomic E-state index is 0.123. The Kier molecular flexibility index (Phi) is 4.34. The van der Waals surface area contributed by atoms with Gasteiger partial charge in [0.25, 0.3) is 0 Å². The molecule has 0 N–H and O–H groups in total. The number of carbonyl (C=O) groups excluding carboxylic acids is 2. The first-order valence-corrected chi connectivity index (χ1v) is 6.42. The lowest BCUT2D eigenvalue weighted by Crippen LogP contribution is -2.38. The number of ether oxygens (including phenoxy) is 1. The molecule has 0 aromatic carbocycles. The fourth-order valence-electron chi connectivity index (χ4n) is 1.68. The molecular formula is C10H15IO3. The van der Waals surface area contributed by atoms with Gasteiger partial charge in [-0.05, 0) is 19.8 Å². The zero-order valence-corrected chi connectivity index (χ0v) is 10.5. The molecule has 1 aliphatic rings. The van der Waals surface area contributed by atoms with Gasteiger partial charge in [0.05, 0.1) is 12.0 Å². The first-order chi connectivity index (χ1) is 6.64. The highest BCUT2D eigenvalue weighted by Gasteiger charge is 2.41. The second-order valence-corrected chi connectivity index (χ2v) is 4.44. The van der Waals surface area contributed by atoms with Crippen LogP contribution in [0, 0.1) is 5.41 Å². The van der Waals surface area contributed by atoms with Gasteiger partial charge < -0.3 is 4.74 Å². The van der Waals surface area contributed by atoms with E-state index in [0.717, 1.165) is 4.43 Å². The minimum atomic E-state index is -0.384. The van der Waals surface area contributed by atoms with Crippen molar-refractivity contribution in [3.8, 4) is 0 Å². The van der Waals surface area contributed by atoms with Crippen molar-refractivity contribution in [2.45, 2.75) is 32.6 Å². The van der Waals surface area contributed by atoms with Crippen LogP contribution in [0.15, 0.2) is 0 Å². The molecule has 1 fully saturated rings. The Balaban J connectivity index is 2.66. The summed E-state index contributed by atoms with van der Waals surface area (Å²) in [7, 11) is 0. The third-order valence-corrected chi connectivity index (χ3v) is 4.19. The molecule has 0 radical (unpaired) electrons. The molecule has 0 amide bonds. The van der Waals surface area contributed by atoms with E-state index in [2.05, 4.69) is 22.6 Å². The molecule has 0 aromatic heterocycles. The predicted octanol–water partition coefficient (Wildman–Crippen LogP) is 2.11. The van der Waals surface area contributed by atoms with Crippen LogP contribution in [-0.4, -0.2) is 22.8 Å². The van der Waals surface area contributed by atoms with Gasteiger partial charge in [0.2, 0.25) is 0 Å². The minimum Gasteiger partial charge on any atom is -0.466 e. The SMILES string of the molecule is CCOC(=O)C1(CI)CCC(=O)CC1. The molecule has 1 aliphatic carbocycles. The highest BCUT2D eigenvalue weighted by atomic mass is 127. The first-order valence-electron chi connectivity index (χ1n) is 4.89. The van der Waals surface area contributed by atoms with Crippen molar-refractivity contribution < 1.29 is 14.3 Å². The summed E-state index contributed by atoms with van der Waals surface area (Å²) in [5.41, 5.74) is -0.384. The van der Waals surface area contributed by atoms with Gasteiger partial charge in [-0.2, -0.15) is 0 Å². The van der Waals surface area contributed by atoms with Crippen LogP contribution in [-0.2, 0) is 14.3 Å². The van der Waals surface area contributed by atoms with E-state index in [9.17, 15) is 9.59 Å². The second-order valence-electron chi connectivity index (χ2n) is 3.67. The first kappa shape index (κ1) is 11.9. The van der Waals surface area contributed by atoms with Crippen molar-refractivity contribution in [1.29, 1.82) is 0 Å². The lowest BCUT2D eigenvalue weighted by atomic mass is 9.75. The third-order valence-electron chi connectivity index (χ3n) is 2.73. The van der Waals surface area contributed by atoms with E-state index in [-0.39, 0.29) is 17.2 Å². The van der Waals surface area contributed by atoms with Gasteiger partial charge in [-0.25, -0.2) is 0 Å². The van der Waals surface area contributed by atoms with Crippen LogP contribution in [0.2, 0.25) is 0 Å². The Morgan fingerprint density at radius 2 is 2.07 bits per heavy atom. The molecule has 80 valence electrons. The quantitative estimate of drug-likeness (QED) is 0.455. The van der Waals surface area contributed by atoms with Crippen molar-refractivity contribution in [2.24, 2.45) is 5.41 Å². The molecule has 0 aromatic rings. The van der Waals surface area contributed by atoms with E-state index in [4.69, 9.17) is 4.74 Å². The van der Waals surface area contributed by atoms with Crippen LogP contribution in [0.25, 0.3) is 0 Å². The number of esters is 1. The zero-order chi connectivity index (χ0) is 10.6. The molecule has 3 nitrogen and oxygen atoms in total. The largest absolute Gasteiger partial charge is 0.466 e. The molecule has 4 heteroatoms. The average molecular weight is 310 g/mol. The summed E-state index contributed by atoms with van der Waals surface area (Å²) < 4.78 is 5.80. The maximum Gasteiger partial charge on any atom is 0.312 e. The molecular weight excluding hydrogens is 295 g/mol. The van der Waals surface area contributed by atoms with E-state index >= 15 is 0 Å². The third kappa shape index (κ3) is 2.46. The lowest BCUT2D eigenvalue weighted by molar-refractivity contribution is -0.156. The van der Waals surface area contributed by atoms with Gasteiger partial charge in [0.15, 0.2) is 0 Å². The number of carbonyl (C=O) groups is 2. The van der Waals surface area contributed by atoms with Crippen LogP contribution in [0.4, 0.5) is 0 Å². The van der Waals surface area contributed by atoms with Crippen LogP contribution in [0.1, 0.15) is 32.6 Å². The van der Waals surface area contributed by atoms with Crippen LogP contribution >= 0.6 is 22.6 Å². The van der Waals surface area contributed by atoms with E-state index in [1.807, 2.05) is 6.92 Å². The summed E-state index contributed by atoms with van der Waals surface area (Å²) in [5, 5.41) is 0. The number of hydrogen-bond acceptors (Lipinski definition) is 3. The molecule has 0 spiro atoms. The Morgan fingerprint density at radius 1 is 1.50 bits per heavy atom. The molecule has 1 saturated carbocycles. The van der Waals surface area contributed by atoms with E-state index in [1.165, 1.54) is 0 Å². The maximum atomic E-state index is 11.7. The number of alkyl halides is 1. The maximum absolute atomic E-state index is 11.7. The summed E-state index contributed by atoms with van der Waals surface area (Å²) in [4.78, 5) is 22.8. The van der Waals surface area contributed by atoms with Gasteiger partial charge in [-0.1, -0.05) is 22.6 Å². The molecule has 0 atom stereocenters. The van der Waals surface area contributed by atoms with Crippen molar-refractivity contribution in [3.05, 3.63) is 0 Å². The zero-order valence-electron chi connectivity index (χ0n) is 8.35. The standard InChI is InChI=1S/C10H15IO3/c1-2-14-9(13)10(7-11)5-3-8(12)4-6-10/h2-7H2,1H3. The lowest BCUT2D eigenvalue weighted by Gasteiger charge is -2.32. The van der Waals surface area contributed by atoms with Gasteiger partial charge in [-0.3, -0.25) is 9.59 Å². The van der Waals surface area contributed by atoms with Crippen LogP contribution in [0.3, 0.4) is 0 Å². The number of ketones is 1. The molecule has 0 bridgehead atoms. The molecule has 0 unspecified atom stereocenters. The molecule has 1 rings (SSSR count). The fraction of sp³-hybridized carbons (Fsp3) is 0.800. The van der Waals surface area contributed by atoms with Crippen molar-refractivity contribution in [2.75, 3.05) is 11.0 Å². The summed E-state index contributed by atoms with van der Waals surface area (Å²) in [6.07, 6.45) is 2.38. The van der Waals surface area contributed by atoms with Crippen molar-refractivity contribution in [1.82, 2.24) is 0 Å². The molecule has 0 aliphatic heterocycles. The van der Waals surface area contributed by atoms with Gasteiger partial charge in [0.1, 0.15) is 5.78 Å². The molecule has 0 heterocycles. The Bertz CT molecular complexity index is 228. The van der Waals surface area contributed by atoms with Gasteiger partial charge in [-0.15, -0.1) is 0 Å². The van der Waals surface area contributed by atoms with Crippen LogP contribution < -0.4 is 0 Å². The Hall–Kier alpha value is -0.130. The van der Waals surface area contributed by atoms with E-state index in [1.54, 1.807) is 0 Å². The monoisotopic (exact) mass is 310 g/mol. The van der Waals surface area contributed by atoms with Crippen LogP contribution in [0.5, 0.6) is 0 Å². The summed E-state index contributed by atoms with van der Waals surface area (Å²) in [5.74, 6) is 0.150. The predicted molar refractivity (Wildman–Crippen MR) is 61.4 cm³/mol. The highest BCUT2D eigenvalue weighted by Crippen LogP contribution is 2.37. The van der Waals surface area contributed by atoms with Crippen molar-refractivity contribution in [3.63, 3.8) is 0 Å². The fourth-order valence-corrected chi connectivity index (χ4v) is 2.76. The van der Waals surface area contributed by atoms with Gasteiger partial charge in [0, 0.05) is 17.3 Å². The number of halogens is 1. The Morgan fingerprint density at radius 3 is 2.50 bits per heavy atom. The number of Topliss-reactive ketones (excluding diaryl/α,β-unsaturated/α-hetero) is 1. The van der Waals surface area contributed by atoms with Gasteiger partial charge >= 0.3 is 5.97 Å². The summed E-state index contributed by atoms with van der Waals surface area (Å²) in [6.45, 7) is 2.23. The molecule has 0 saturated heterocycles. The topological polar surface area (TPSA) is 43.4 Å². The average Bonchev–Trinajstić information content (AvgIpc) is 2.20. The number of hydrogen-bond donors (Lipinski definition) is 0. The second kappa shape index (κ2) is 5.09. The van der Waals surface area contributed by atoms with E-state index < -0.39 is 0 Å². The normalized spacial score (nSPS) is 20.6. The highest BCUT2D eigenvalue weighted by molar-refractivity contribution is 14.1. The Labute approximate surface area is 97.7 Å². The summed E-state index contributed by atoms with van der Waals surface area (Å²) in [6, 6.07) is 0. The number of rotatable bonds is 3.